The van der Waals surface area contributed by atoms with Gasteiger partial charge in [0.25, 0.3) is 0 Å². The third kappa shape index (κ3) is 3.25. The molecule has 0 aromatic heterocycles. The third-order valence-corrected chi connectivity index (χ3v) is 2.79. The highest BCUT2D eigenvalue weighted by Gasteiger charge is 2.01. The average molecular weight is 264 g/mol. The lowest BCUT2D eigenvalue weighted by Gasteiger charge is -2.03. The van der Waals surface area contributed by atoms with Crippen LogP contribution in [-0.4, -0.2) is 11.0 Å². The van der Waals surface area contributed by atoms with E-state index in [4.69, 9.17) is 11.6 Å². The minimum absolute atomic E-state index is 0.567. The fourth-order valence-electron chi connectivity index (χ4n) is 1.36. The number of hydrogen-bond donors (Lipinski definition) is 1. The zero-order valence-electron chi connectivity index (χ0n) is 8.88. The summed E-state index contributed by atoms with van der Waals surface area (Å²) in [6, 6.07) is 14.1. The molecule has 0 saturated heterocycles. The molecule has 0 bridgehead atoms. The van der Waals surface area contributed by atoms with Gasteiger partial charge in [-0.2, -0.15) is 4.74 Å². The highest BCUT2D eigenvalue weighted by atomic mass is 35.5. The van der Waals surface area contributed by atoms with Crippen molar-refractivity contribution in [3.8, 4) is 0 Å². The van der Waals surface area contributed by atoms with Crippen molar-refractivity contribution >= 4 is 36.1 Å². The first-order valence-corrected chi connectivity index (χ1v) is 5.83. The first kappa shape index (κ1) is 12.0. The van der Waals surface area contributed by atoms with Gasteiger partial charge in [0, 0.05) is 27.6 Å². The molecule has 0 spiro atoms. The van der Waals surface area contributed by atoms with Crippen molar-refractivity contribution in [3.05, 3.63) is 64.3 Å². The summed E-state index contributed by atoms with van der Waals surface area (Å²) in [6.07, 6.45) is 1.50. The molecule has 0 aliphatic carbocycles. The van der Waals surface area contributed by atoms with Crippen LogP contribution in [0.1, 0.15) is 5.56 Å². The monoisotopic (exact) mass is 263 g/mol. The summed E-state index contributed by atoms with van der Waals surface area (Å²) in [5.74, 6) is 0. The molecular weight excluding hydrogens is 254 g/mol. The first-order valence-electron chi connectivity index (χ1n) is 5.01. The van der Waals surface area contributed by atoms with Gasteiger partial charge >= 0.3 is 0 Å². The molecule has 0 heterocycles. The van der Waals surface area contributed by atoms with E-state index in [-0.39, 0.29) is 0 Å². The summed E-state index contributed by atoms with van der Waals surface area (Å²) >= 11 is 9.93. The van der Waals surface area contributed by atoms with Crippen molar-refractivity contribution in [3.63, 3.8) is 0 Å². The molecule has 2 nitrogen and oxygen atoms in total. The van der Waals surface area contributed by atoms with Crippen LogP contribution >= 0.6 is 24.2 Å². The molecule has 0 radical (unpaired) electrons. The Balaban J connectivity index is 2.27. The van der Waals surface area contributed by atoms with Crippen LogP contribution in [0.4, 0.5) is 5.69 Å². The molecule has 4 heteroatoms. The van der Waals surface area contributed by atoms with Crippen molar-refractivity contribution in [2.24, 2.45) is 0 Å². The van der Waals surface area contributed by atoms with Gasteiger partial charge < -0.3 is 5.21 Å². The predicted octanol–water partition coefficient (Wildman–Crippen LogP) is 3.89. The molecule has 86 valence electrons. The summed E-state index contributed by atoms with van der Waals surface area (Å²) < 4.78 is 0.816. The van der Waals surface area contributed by atoms with Gasteiger partial charge in [-0.3, -0.25) is 0 Å². The lowest BCUT2D eigenvalue weighted by molar-refractivity contribution is -0.354. The van der Waals surface area contributed by atoms with Gasteiger partial charge in [-0.25, -0.2) is 0 Å². The van der Waals surface area contributed by atoms with E-state index in [0.717, 1.165) is 15.2 Å². The Hall–Kier alpha value is -1.45. The van der Waals surface area contributed by atoms with Crippen LogP contribution in [0.5, 0.6) is 0 Å². The van der Waals surface area contributed by atoms with E-state index in [1.807, 2.05) is 0 Å². The highest BCUT2D eigenvalue weighted by Crippen LogP contribution is 2.15. The van der Waals surface area contributed by atoms with Crippen molar-refractivity contribution in [2.45, 2.75) is 4.90 Å². The standard InChI is InChI=1S/C13H10ClNOS/c14-11-3-1-10(2-4-11)9-15(16)12-5-7-13(17)8-6-12/h1-9,17H. The topological polar surface area (TPSA) is 26.1 Å². The van der Waals surface area contributed by atoms with Crippen LogP contribution in [0.15, 0.2) is 53.4 Å². The molecule has 0 amide bonds. The van der Waals surface area contributed by atoms with Crippen LogP contribution in [0.25, 0.3) is 0 Å². The molecular formula is C13H10ClNOS. The van der Waals surface area contributed by atoms with Gasteiger partial charge in [0.05, 0.1) is 0 Å². The van der Waals surface area contributed by atoms with Crippen molar-refractivity contribution in [1.29, 1.82) is 0 Å². The Labute approximate surface area is 110 Å². The van der Waals surface area contributed by atoms with Crippen molar-refractivity contribution < 1.29 is 4.74 Å². The second-order valence-electron chi connectivity index (χ2n) is 3.52. The van der Waals surface area contributed by atoms with Gasteiger partial charge in [0.15, 0.2) is 6.21 Å². The van der Waals surface area contributed by atoms with E-state index in [9.17, 15) is 5.21 Å². The SMILES string of the molecule is [O-][N+](=Cc1ccc(Cl)cc1)c1ccc(S)cc1. The van der Waals surface area contributed by atoms with Gasteiger partial charge in [0.2, 0.25) is 5.69 Å². The van der Waals surface area contributed by atoms with Crippen molar-refractivity contribution in [1.82, 2.24) is 0 Å². The smallest absolute Gasteiger partial charge is 0.216 e. The third-order valence-electron chi connectivity index (χ3n) is 2.24. The zero-order valence-corrected chi connectivity index (χ0v) is 10.5. The number of thiol groups is 1. The molecule has 0 atom stereocenters. The van der Waals surface area contributed by atoms with Crippen LogP contribution in [0, 0.1) is 5.21 Å². The van der Waals surface area contributed by atoms with E-state index in [1.54, 1.807) is 48.5 Å². The molecule has 2 aromatic carbocycles. The normalized spacial score (nSPS) is 11.5. The summed E-state index contributed by atoms with van der Waals surface area (Å²) in [6.45, 7) is 0. The maximum Gasteiger partial charge on any atom is 0.216 e. The highest BCUT2D eigenvalue weighted by molar-refractivity contribution is 7.80. The number of rotatable bonds is 2. The van der Waals surface area contributed by atoms with Gasteiger partial charge in [-0.15, -0.1) is 12.6 Å². The Morgan fingerprint density at radius 1 is 1.00 bits per heavy atom. The summed E-state index contributed by atoms with van der Waals surface area (Å²) in [4.78, 5) is 0.827. The van der Waals surface area contributed by atoms with E-state index < -0.39 is 0 Å². The van der Waals surface area contributed by atoms with E-state index >= 15 is 0 Å². The Bertz CT molecular complexity index is 534. The molecule has 0 aliphatic heterocycles. The molecule has 17 heavy (non-hydrogen) atoms. The maximum absolute atomic E-state index is 11.8. The minimum atomic E-state index is 0.567. The van der Waals surface area contributed by atoms with Gasteiger partial charge in [-0.1, -0.05) is 11.6 Å². The number of benzene rings is 2. The molecule has 0 aliphatic rings. The zero-order chi connectivity index (χ0) is 12.3. The lowest BCUT2D eigenvalue weighted by Crippen LogP contribution is -1.98. The summed E-state index contributed by atoms with van der Waals surface area (Å²) in [5.41, 5.74) is 1.37. The lowest BCUT2D eigenvalue weighted by atomic mass is 10.2. The van der Waals surface area contributed by atoms with Crippen molar-refractivity contribution in [2.75, 3.05) is 0 Å². The molecule has 2 rings (SSSR count). The average Bonchev–Trinajstić information content (AvgIpc) is 2.33. The van der Waals surface area contributed by atoms with Crippen LogP contribution in [0.3, 0.4) is 0 Å². The van der Waals surface area contributed by atoms with Crippen LogP contribution < -0.4 is 0 Å². The fourth-order valence-corrected chi connectivity index (χ4v) is 1.63. The Morgan fingerprint density at radius 3 is 2.18 bits per heavy atom. The van der Waals surface area contributed by atoms with Gasteiger partial charge in [-0.05, 0) is 36.4 Å². The Kier molecular flexibility index (Phi) is 3.71. The molecule has 0 N–H and O–H groups in total. The molecule has 2 aromatic rings. The van der Waals surface area contributed by atoms with Crippen LogP contribution in [0.2, 0.25) is 5.02 Å². The van der Waals surface area contributed by atoms with Crippen LogP contribution in [-0.2, 0) is 0 Å². The largest absolute Gasteiger partial charge is 0.618 e. The second-order valence-corrected chi connectivity index (χ2v) is 4.48. The Morgan fingerprint density at radius 2 is 1.59 bits per heavy atom. The summed E-state index contributed by atoms with van der Waals surface area (Å²) in [7, 11) is 0. The molecule has 0 unspecified atom stereocenters. The van der Waals surface area contributed by atoms with E-state index in [1.165, 1.54) is 6.21 Å². The summed E-state index contributed by atoms with van der Waals surface area (Å²) in [5, 5.41) is 12.5. The second kappa shape index (κ2) is 5.25. The molecule has 0 saturated carbocycles. The fraction of sp³-hybridized carbons (Fsp3) is 0. The number of halogens is 1. The van der Waals surface area contributed by atoms with Gasteiger partial charge in [0.1, 0.15) is 0 Å². The van der Waals surface area contributed by atoms with E-state index in [2.05, 4.69) is 12.6 Å². The molecule has 0 fully saturated rings. The quantitative estimate of drug-likeness (QED) is 0.287. The first-order chi connectivity index (χ1) is 8.15. The van der Waals surface area contributed by atoms with E-state index in [0.29, 0.717) is 10.7 Å². The number of hydrogen-bond acceptors (Lipinski definition) is 2. The maximum atomic E-state index is 11.8. The predicted molar refractivity (Wildman–Crippen MR) is 73.6 cm³/mol. The number of nitrogens with zero attached hydrogens (tertiary/aromatic N) is 1. The minimum Gasteiger partial charge on any atom is -0.618 e.